The summed E-state index contributed by atoms with van der Waals surface area (Å²) >= 11 is 0. The van der Waals surface area contributed by atoms with E-state index in [2.05, 4.69) is 16.4 Å². The Hall–Kier alpha value is -0.0600. The Morgan fingerprint density at radius 2 is 1.45 bits per heavy atom. The minimum absolute atomic E-state index is 0. The van der Waals surface area contributed by atoms with Crippen molar-refractivity contribution >= 4 is 11.9 Å². The maximum atomic E-state index is 10.5. The van der Waals surface area contributed by atoms with E-state index in [-0.39, 0.29) is 29.6 Å². The van der Waals surface area contributed by atoms with Crippen molar-refractivity contribution < 1.29 is 48.6 Å². The molecule has 0 rings (SSSR count). The molecule has 0 bridgehead atoms. The molecular formula is C6H9NaO4. The molecule has 5 heteroatoms. The average molecular weight is 168 g/mol. The molecule has 0 aromatic heterocycles. The number of methoxy groups -OCH3 is 2. The Kier molecular flexibility index (Phi) is 8.16. The first-order valence-electron chi connectivity index (χ1n) is 2.62. The largest absolute Gasteiger partial charge is 1.00 e. The number of hydrogen-bond donors (Lipinski definition) is 0. The van der Waals surface area contributed by atoms with Gasteiger partial charge in [-0.1, -0.05) is 0 Å². The van der Waals surface area contributed by atoms with E-state index in [1.165, 1.54) is 14.2 Å². The monoisotopic (exact) mass is 168 g/mol. The van der Waals surface area contributed by atoms with Crippen LogP contribution in [0.1, 0.15) is 0 Å². The van der Waals surface area contributed by atoms with Gasteiger partial charge in [0.05, 0.1) is 14.2 Å². The van der Waals surface area contributed by atoms with Crippen LogP contribution in [0.5, 0.6) is 0 Å². The van der Waals surface area contributed by atoms with Gasteiger partial charge in [-0.2, -0.15) is 0 Å². The zero-order valence-electron chi connectivity index (χ0n) is 6.92. The van der Waals surface area contributed by atoms with Crippen LogP contribution in [0.3, 0.4) is 0 Å². The van der Waals surface area contributed by atoms with Crippen LogP contribution in [-0.2, 0) is 19.1 Å². The summed E-state index contributed by atoms with van der Waals surface area (Å²) in [5.41, 5.74) is 0. The number of rotatable bonds is 2. The Labute approximate surface area is 87.5 Å². The quantitative estimate of drug-likeness (QED) is 0.188. The molecule has 0 atom stereocenters. The van der Waals surface area contributed by atoms with Crippen molar-refractivity contribution in [2.75, 3.05) is 14.2 Å². The molecule has 0 saturated carbocycles. The number of esters is 2. The predicted octanol–water partition coefficient (Wildman–Crippen LogP) is -3.21. The molecule has 4 nitrogen and oxygen atoms in total. The van der Waals surface area contributed by atoms with Crippen molar-refractivity contribution in [2.45, 2.75) is 0 Å². The maximum Gasteiger partial charge on any atom is 1.00 e. The van der Waals surface area contributed by atoms with Crippen LogP contribution in [0, 0.1) is 12.8 Å². The van der Waals surface area contributed by atoms with Crippen LogP contribution < -0.4 is 29.6 Å². The molecule has 0 aliphatic rings. The summed E-state index contributed by atoms with van der Waals surface area (Å²) in [4.78, 5) is 21.1. The third-order valence-electron chi connectivity index (χ3n) is 0.971. The van der Waals surface area contributed by atoms with Gasteiger partial charge in [-0.25, -0.2) is 0 Å². The standard InChI is InChI=1S/C6H9O4.Na/c1-4(5(7)9-2)6(8)10-3;/h4H,1H2,2-3H3;/q-1;+1. The fourth-order valence-electron chi connectivity index (χ4n) is 0.381. The van der Waals surface area contributed by atoms with Crippen molar-refractivity contribution in [1.82, 2.24) is 0 Å². The maximum absolute atomic E-state index is 10.5. The Bertz CT molecular complexity index is 130. The fourth-order valence-corrected chi connectivity index (χ4v) is 0.381. The summed E-state index contributed by atoms with van der Waals surface area (Å²) in [6.07, 6.45) is 0. The summed E-state index contributed by atoms with van der Waals surface area (Å²) in [7, 11) is 2.37. The topological polar surface area (TPSA) is 52.6 Å². The van der Waals surface area contributed by atoms with Gasteiger partial charge in [-0.15, -0.1) is 0 Å². The summed E-state index contributed by atoms with van der Waals surface area (Å²) in [5.74, 6) is -2.45. The molecule has 0 aliphatic heterocycles. The van der Waals surface area contributed by atoms with Gasteiger partial charge in [-0.05, 0) is 0 Å². The van der Waals surface area contributed by atoms with Gasteiger partial charge in [-0.3, -0.25) is 9.59 Å². The van der Waals surface area contributed by atoms with Crippen molar-refractivity contribution in [1.29, 1.82) is 0 Å². The summed E-state index contributed by atoms with van der Waals surface area (Å²) in [6, 6.07) is 0. The molecule has 0 amide bonds. The van der Waals surface area contributed by atoms with Crippen molar-refractivity contribution in [3.05, 3.63) is 6.92 Å². The molecule has 0 N–H and O–H groups in total. The van der Waals surface area contributed by atoms with E-state index in [4.69, 9.17) is 0 Å². The summed E-state index contributed by atoms with van der Waals surface area (Å²) in [6.45, 7) is 3.23. The summed E-state index contributed by atoms with van der Waals surface area (Å²) < 4.78 is 8.47. The SMILES string of the molecule is [CH2-]C(C(=O)OC)C(=O)OC.[Na+]. The normalized spacial score (nSPS) is 8.36. The van der Waals surface area contributed by atoms with Gasteiger partial charge in [0.2, 0.25) is 0 Å². The zero-order valence-corrected chi connectivity index (χ0v) is 8.92. The minimum Gasteiger partial charge on any atom is -0.470 e. The van der Waals surface area contributed by atoms with Crippen LogP contribution in [-0.4, -0.2) is 26.2 Å². The van der Waals surface area contributed by atoms with E-state index in [1.54, 1.807) is 0 Å². The molecule has 0 spiro atoms. The number of carbonyl (C=O) groups is 2. The van der Waals surface area contributed by atoms with Crippen molar-refractivity contribution in [3.8, 4) is 0 Å². The van der Waals surface area contributed by atoms with Crippen LogP contribution in [0.15, 0.2) is 0 Å². The average Bonchev–Trinajstić information content (AvgIpc) is 2.00. The first kappa shape index (κ1) is 13.5. The summed E-state index contributed by atoms with van der Waals surface area (Å²) in [5, 5.41) is 0. The van der Waals surface area contributed by atoms with Gasteiger partial charge in [0.1, 0.15) is 0 Å². The van der Waals surface area contributed by atoms with Gasteiger partial charge in [0.25, 0.3) is 11.9 Å². The third-order valence-corrected chi connectivity index (χ3v) is 0.971. The smallest absolute Gasteiger partial charge is 0.470 e. The molecular weight excluding hydrogens is 159 g/mol. The molecule has 0 aliphatic carbocycles. The van der Waals surface area contributed by atoms with Gasteiger partial charge < -0.3 is 16.4 Å². The fraction of sp³-hybridized carbons (Fsp3) is 0.500. The number of hydrogen-bond acceptors (Lipinski definition) is 4. The van der Waals surface area contributed by atoms with Gasteiger partial charge >= 0.3 is 29.6 Å². The second-order valence-electron chi connectivity index (χ2n) is 1.60. The van der Waals surface area contributed by atoms with Crippen LogP contribution in [0.2, 0.25) is 0 Å². The molecule has 0 saturated heterocycles. The first-order valence-corrected chi connectivity index (χ1v) is 2.62. The Balaban J connectivity index is 0. The number of ether oxygens (including phenoxy) is 2. The van der Waals surface area contributed by atoms with E-state index in [0.717, 1.165) is 0 Å². The third kappa shape index (κ3) is 4.40. The van der Waals surface area contributed by atoms with E-state index >= 15 is 0 Å². The van der Waals surface area contributed by atoms with E-state index in [0.29, 0.717) is 0 Å². The van der Waals surface area contributed by atoms with Gasteiger partial charge in [0.15, 0.2) is 0 Å². The van der Waals surface area contributed by atoms with Crippen molar-refractivity contribution in [2.24, 2.45) is 5.92 Å². The second-order valence-corrected chi connectivity index (χ2v) is 1.60. The zero-order chi connectivity index (χ0) is 8.15. The Morgan fingerprint density at radius 3 is 1.64 bits per heavy atom. The second kappa shape index (κ2) is 6.64. The minimum atomic E-state index is -1.07. The molecule has 0 aromatic carbocycles. The first-order chi connectivity index (χ1) is 4.63. The van der Waals surface area contributed by atoms with Crippen molar-refractivity contribution in [3.63, 3.8) is 0 Å². The molecule has 0 radical (unpaired) electrons. The van der Waals surface area contributed by atoms with E-state index in [1.807, 2.05) is 0 Å². The van der Waals surface area contributed by atoms with Crippen LogP contribution in [0.25, 0.3) is 0 Å². The number of carbonyl (C=O) groups excluding carboxylic acids is 2. The molecule has 0 aromatic rings. The van der Waals surface area contributed by atoms with E-state index < -0.39 is 17.9 Å². The van der Waals surface area contributed by atoms with Gasteiger partial charge in [0, 0.05) is 5.92 Å². The molecule has 58 valence electrons. The predicted molar refractivity (Wildman–Crippen MR) is 32.9 cm³/mol. The van der Waals surface area contributed by atoms with Crippen LogP contribution in [0.4, 0.5) is 0 Å². The molecule has 0 heterocycles. The molecule has 0 fully saturated rings. The molecule has 11 heavy (non-hydrogen) atoms. The Morgan fingerprint density at radius 1 is 1.18 bits per heavy atom. The van der Waals surface area contributed by atoms with Crippen LogP contribution >= 0.6 is 0 Å². The van der Waals surface area contributed by atoms with E-state index in [9.17, 15) is 9.59 Å². The molecule has 0 unspecified atom stereocenters.